The molecule has 1 amide bonds. The van der Waals surface area contributed by atoms with Gasteiger partial charge in [-0.2, -0.15) is 0 Å². The Morgan fingerprint density at radius 1 is 1.18 bits per heavy atom. The first-order valence-electron chi connectivity index (χ1n) is 10.7. The van der Waals surface area contributed by atoms with Crippen LogP contribution in [-0.4, -0.2) is 48.4 Å². The predicted molar refractivity (Wildman–Crippen MR) is 129 cm³/mol. The molecule has 0 atom stereocenters. The molecule has 3 aromatic rings. The van der Waals surface area contributed by atoms with Crippen LogP contribution in [0.2, 0.25) is 5.02 Å². The molecule has 0 unspecified atom stereocenters. The number of sulfonamides is 1. The summed E-state index contributed by atoms with van der Waals surface area (Å²) in [5.41, 5.74) is 0.701. The standard InChI is InChI=1S/C24H25ClN4O3S/c1-2-13-29(23-9-4-3-8-22(23)25)33(31,32)21-7-5-6-19(17-21)24(30)27-14-10-20(11-15-27)28-16-12-26-18-28/h2-9,12,16-18,20H,1,10-11,13-15H2. The van der Waals surface area contributed by atoms with Gasteiger partial charge in [-0.05, 0) is 43.2 Å². The van der Waals surface area contributed by atoms with E-state index in [9.17, 15) is 13.2 Å². The Balaban J connectivity index is 1.56. The van der Waals surface area contributed by atoms with Crippen molar-refractivity contribution in [3.63, 3.8) is 0 Å². The number of halogens is 1. The highest BCUT2D eigenvalue weighted by Gasteiger charge is 2.28. The van der Waals surface area contributed by atoms with Gasteiger partial charge in [-0.15, -0.1) is 6.58 Å². The SMILES string of the molecule is C=CCN(c1ccccc1Cl)S(=O)(=O)c1cccc(C(=O)N2CCC(n3ccnc3)CC2)c1. The van der Waals surface area contributed by atoms with E-state index in [1.807, 2.05) is 6.20 Å². The molecule has 0 bridgehead atoms. The molecule has 7 nitrogen and oxygen atoms in total. The van der Waals surface area contributed by atoms with Gasteiger partial charge < -0.3 is 9.47 Å². The van der Waals surface area contributed by atoms with E-state index in [-0.39, 0.29) is 17.3 Å². The van der Waals surface area contributed by atoms with Gasteiger partial charge in [0.2, 0.25) is 0 Å². The number of rotatable bonds is 7. The number of piperidine rings is 1. The van der Waals surface area contributed by atoms with Crippen molar-refractivity contribution in [1.29, 1.82) is 0 Å². The van der Waals surface area contributed by atoms with Crippen LogP contribution < -0.4 is 4.31 Å². The molecule has 1 fully saturated rings. The molecule has 0 N–H and O–H groups in total. The normalized spacial score (nSPS) is 14.8. The quantitative estimate of drug-likeness (QED) is 0.466. The second-order valence-electron chi connectivity index (χ2n) is 7.84. The maximum Gasteiger partial charge on any atom is 0.264 e. The number of aromatic nitrogens is 2. The van der Waals surface area contributed by atoms with E-state index in [0.717, 1.165) is 12.8 Å². The van der Waals surface area contributed by atoms with Crippen LogP contribution in [0.25, 0.3) is 0 Å². The van der Waals surface area contributed by atoms with Gasteiger partial charge in [0.1, 0.15) is 0 Å². The summed E-state index contributed by atoms with van der Waals surface area (Å²) in [5.74, 6) is -0.177. The van der Waals surface area contributed by atoms with E-state index >= 15 is 0 Å². The summed E-state index contributed by atoms with van der Waals surface area (Å²) in [4.78, 5) is 19.0. The van der Waals surface area contributed by atoms with Crippen LogP contribution in [0.1, 0.15) is 29.2 Å². The van der Waals surface area contributed by atoms with Crippen molar-refractivity contribution in [2.24, 2.45) is 0 Å². The van der Waals surface area contributed by atoms with Crippen molar-refractivity contribution in [2.45, 2.75) is 23.8 Å². The Kier molecular flexibility index (Phi) is 6.85. The van der Waals surface area contributed by atoms with Crippen molar-refractivity contribution in [2.75, 3.05) is 23.9 Å². The van der Waals surface area contributed by atoms with Crippen LogP contribution in [0.15, 0.2) is 84.8 Å². The molecule has 1 aromatic heterocycles. The maximum atomic E-state index is 13.5. The fourth-order valence-electron chi connectivity index (χ4n) is 4.05. The molecule has 0 saturated carbocycles. The smallest absolute Gasteiger partial charge is 0.264 e. The van der Waals surface area contributed by atoms with Gasteiger partial charge >= 0.3 is 0 Å². The highest BCUT2D eigenvalue weighted by molar-refractivity contribution is 7.92. The summed E-state index contributed by atoms with van der Waals surface area (Å²) in [6.07, 6.45) is 8.62. The molecule has 1 aliphatic heterocycles. The summed E-state index contributed by atoms with van der Waals surface area (Å²) in [6.45, 7) is 4.92. The monoisotopic (exact) mass is 484 g/mol. The second kappa shape index (κ2) is 9.80. The lowest BCUT2D eigenvalue weighted by Gasteiger charge is -2.32. The highest BCUT2D eigenvalue weighted by Crippen LogP contribution is 2.31. The maximum absolute atomic E-state index is 13.5. The molecule has 4 rings (SSSR count). The average Bonchev–Trinajstić information content (AvgIpc) is 3.38. The molecule has 1 aliphatic rings. The van der Waals surface area contributed by atoms with E-state index in [2.05, 4.69) is 16.1 Å². The van der Waals surface area contributed by atoms with Crippen LogP contribution in [-0.2, 0) is 10.0 Å². The van der Waals surface area contributed by atoms with Gasteiger partial charge in [0, 0.05) is 37.1 Å². The average molecular weight is 485 g/mol. The van der Waals surface area contributed by atoms with Crippen molar-refractivity contribution in [3.8, 4) is 0 Å². The number of amides is 1. The lowest BCUT2D eigenvalue weighted by atomic mass is 10.0. The van der Waals surface area contributed by atoms with Crippen LogP contribution in [0, 0.1) is 0 Å². The number of anilines is 1. The summed E-state index contributed by atoms with van der Waals surface area (Å²) >= 11 is 6.27. The van der Waals surface area contributed by atoms with Crippen molar-refractivity contribution >= 4 is 33.2 Å². The third-order valence-electron chi connectivity index (χ3n) is 5.78. The molecular formula is C24H25ClN4O3S. The first-order chi connectivity index (χ1) is 15.9. The zero-order chi connectivity index (χ0) is 23.4. The van der Waals surface area contributed by atoms with Crippen LogP contribution in [0.3, 0.4) is 0 Å². The minimum atomic E-state index is -3.97. The number of imidazole rings is 1. The zero-order valence-electron chi connectivity index (χ0n) is 18.0. The van der Waals surface area contributed by atoms with E-state index in [1.54, 1.807) is 53.8 Å². The van der Waals surface area contributed by atoms with Crippen LogP contribution in [0.5, 0.6) is 0 Å². The Labute approximate surface area is 199 Å². The van der Waals surface area contributed by atoms with Gasteiger partial charge in [0.25, 0.3) is 15.9 Å². The number of para-hydroxylation sites is 1. The minimum Gasteiger partial charge on any atom is -0.338 e. The number of benzene rings is 2. The first kappa shape index (κ1) is 23.1. The third kappa shape index (κ3) is 4.82. The van der Waals surface area contributed by atoms with Gasteiger partial charge in [-0.1, -0.05) is 35.9 Å². The van der Waals surface area contributed by atoms with E-state index in [1.165, 1.54) is 22.5 Å². The van der Waals surface area contributed by atoms with Crippen LogP contribution in [0.4, 0.5) is 5.69 Å². The second-order valence-corrected chi connectivity index (χ2v) is 10.1. The van der Waals surface area contributed by atoms with Gasteiger partial charge in [0.15, 0.2) is 0 Å². The lowest BCUT2D eigenvalue weighted by molar-refractivity contribution is 0.0694. The molecule has 0 aliphatic carbocycles. The number of carbonyl (C=O) groups is 1. The highest BCUT2D eigenvalue weighted by atomic mass is 35.5. The number of nitrogens with zero attached hydrogens (tertiary/aromatic N) is 4. The minimum absolute atomic E-state index is 0.0309. The predicted octanol–water partition coefficient (Wildman–Crippen LogP) is 4.40. The molecule has 33 heavy (non-hydrogen) atoms. The Hall–Kier alpha value is -3.10. The molecule has 2 aromatic carbocycles. The number of hydrogen-bond donors (Lipinski definition) is 0. The van der Waals surface area contributed by atoms with Gasteiger partial charge in [0.05, 0.1) is 28.5 Å². The van der Waals surface area contributed by atoms with Crippen molar-refractivity contribution in [1.82, 2.24) is 14.5 Å². The zero-order valence-corrected chi connectivity index (χ0v) is 19.6. The van der Waals surface area contributed by atoms with Crippen LogP contribution >= 0.6 is 11.6 Å². The first-order valence-corrected chi connectivity index (χ1v) is 12.5. The Morgan fingerprint density at radius 2 is 1.94 bits per heavy atom. The molecule has 0 spiro atoms. The molecule has 9 heteroatoms. The van der Waals surface area contributed by atoms with E-state index < -0.39 is 10.0 Å². The Morgan fingerprint density at radius 3 is 2.61 bits per heavy atom. The largest absolute Gasteiger partial charge is 0.338 e. The fourth-order valence-corrected chi connectivity index (χ4v) is 5.84. The summed E-state index contributed by atoms with van der Waals surface area (Å²) in [6, 6.07) is 13.2. The molecule has 172 valence electrons. The topological polar surface area (TPSA) is 75.5 Å². The number of hydrogen-bond acceptors (Lipinski definition) is 4. The fraction of sp³-hybridized carbons (Fsp3) is 0.250. The summed E-state index contributed by atoms with van der Waals surface area (Å²) in [7, 11) is -3.97. The van der Waals surface area contributed by atoms with Crippen molar-refractivity contribution in [3.05, 3.63) is 90.5 Å². The Bertz CT molecular complexity index is 1240. The van der Waals surface area contributed by atoms with E-state index in [0.29, 0.717) is 35.4 Å². The molecule has 0 radical (unpaired) electrons. The lowest BCUT2D eigenvalue weighted by Crippen LogP contribution is -2.39. The van der Waals surface area contributed by atoms with Gasteiger partial charge in [-0.3, -0.25) is 9.10 Å². The molecule has 1 saturated heterocycles. The summed E-state index contributed by atoms with van der Waals surface area (Å²) < 4.78 is 30.2. The van der Waals surface area contributed by atoms with Gasteiger partial charge in [-0.25, -0.2) is 13.4 Å². The summed E-state index contributed by atoms with van der Waals surface area (Å²) in [5, 5.41) is 0.316. The third-order valence-corrected chi connectivity index (χ3v) is 7.88. The molecule has 2 heterocycles. The van der Waals surface area contributed by atoms with E-state index in [4.69, 9.17) is 11.6 Å². The van der Waals surface area contributed by atoms with Crippen molar-refractivity contribution < 1.29 is 13.2 Å². The number of likely N-dealkylation sites (tertiary alicyclic amines) is 1. The molecular weight excluding hydrogens is 460 g/mol. The number of carbonyl (C=O) groups excluding carboxylic acids is 1.